The number of carbonyl (C=O) groups excluding carboxylic acids is 1. The van der Waals surface area contributed by atoms with Crippen molar-refractivity contribution in [2.75, 3.05) is 36.9 Å². The molecule has 0 unspecified atom stereocenters. The van der Waals surface area contributed by atoms with Gasteiger partial charge in [-0.2, -0.15) is 13.2 Å². The molecule has 1 amide bonds. The molecule has 3 N–H and O–H groups in total. The molecule has 1 aromatic heterocycles. The normalized spacial score (nSPS) is 14.6. The molecule has 0 spiro atoms. The highest BCUT2D eigenvalue weighted by Gasteiger charge is 2.32. The number of halogens is 3. The van der Waals surface area contributed by atoms with Crippen LogP contribution in [0, 0.1) is 0 Å². The van der Waals surface area contributed by atoms with Crippen LogP contribution < -0.4 is 20.9 Å². The van der Waals surface area contributed by atoms with E-state index in [1.54, 1.807) is 11.9 Å². The van der Waals surface area contributed by atoms with Crippen LogP contribution in [0.2, 0.25) is 0 Å². The first-order valence-corrected chi connectivity index (χ1v) is 9.85. The molecule has 1 fully saturated rings. The fourth-order valence-corrected chi connectivity index (χ4v) is 3.08. The third-order valence-corrected chi connectivity index (χ3v) is 4.65. The average molecular weight is 435 g/mol. The van der Waals surface area contributed by atoms with Gasteiger partial charge in [-0.1, -0.05) is 12.1 Å². The van der Waals surface area contributed by atoms with E-state index in [1.807, 2.05) is 24.3 Å². The summed E-state index contributed by atoms with van der Waals surface area (Å²) in [6, 6.07) is 8.58. The van der Waals surface area contributed by atoms with Crippen LogP contribution in [-0.2, 0) is 17.5 Å². The third-order valence-electron chi connectivity index (χ3n) is 4.65. The molecule has 2 aromatic rings. The second kappa shape index (κ2) is 10.1. The van der Waals surface area contributed by atoms with Gasteiger partial charge >= 0.3 is 6.18 Å². The molecule has 0 aliphatic carbocycles. The van der Waals surface area contributed by atoms with E-state index in [0.29, 0.717) is 32.0 Å². The van der Waals surface area contributed by atoms with Gasteiger partial charge in [0.1, 0.15) is 5.69 Å². The summed E-state index contributed by atoms with van der Waals surface area (Å²) in [5, 5.41) is 8.97. The minimum absolute atomic E-state index is 0.0869. The molecule has 0 radical (unpaired) electrons. The lowest BCUT2D eigenvalue weighted by atomic mass is 10.2. The van der Waals surface area contributed by atoms with Crippen LogP contribution in [0.1, 0.15) is 24.1 Å². The Bertz CT molecular complexity index is 916. The van der Waals surface area contributed by atoms with Crippen molar-refractivity contribution in [3.8, 4) is 0 Å². The molecule has 2 heterocycles. The van der Waals surface area contributed by atoms with Crippen LogP contribution in [0.3, 0.4) is 0 Å². The van der Waals surface area contributed by atoms with Gasteiger partial charge in [0.15, 0.2) is 5.96 Å². The van der Waals surface area contributed by atoms with E-state index in [0.717, 1.165) is 36.5 Å². The molecular weight excluding hydrogens is 411 g/mol. The number of alkyl halides is 3. The summed E-state index contributed by atoms with van der Waals surface area (Å²) in [6.45, 7) is 1.99. The van der Waals surface area contributed by atoms with E-state index in [2.05, 4.69) is 30.9 Å². The average Bonchev–Trinajstić information content (AvgIpc) is 3.19. The Hall–Kier alpha value is -3.37. The van der Waals surface area contributed by atoms with Crippen LogP contribution in [0.15, 0.2) is 41.5 Å². The molecule has 1 saturated heterocycles. The third kappa shape index (κ3) is 6.30. The molecule has 31 heavy (non-hydrogen) atoms. The summed E-state index contributed by atoms with van der Waals surface area (Å²) < 4.78 is 38.0. The Kier molecular flexibility index (Phi) is 7.27. The Labute approximate surface area is 178 Å². The summed E-state index contributed by atoms with van der Waals surface area (Å²) in [7, 11) is 1.63. The van der Waals surface area contributed by atoms with Gasteiger partial charge < -0.3 is 20.9 Å². The van der Waals surface area contributed by atoms with Crippen LogP contribution in [0.4, 0.5) is 24.8 Å². The summed E-state index contributed by atoms with van der Waals surface area (Å²) in [5.74, 6) is 0.612. The molecule has 3 rings (SSSR count). The summed E-state index contributed by atoms with van der Waals surface area (Å²) in [5.41, 5.74) is 0.932. The Morgan fingerprint density at radius 3 is 2.58 bits per heavy atom. The van der Waals surface area contributed by atoms with Crippen molar-refractivity contribution in [3.05, 3.63) is 47.8 Å². The maximum atomic E-state index is 12.7. The molecule has 1 aliphatic heterocycles. The van der Waals surface area contributed by atoms with Crippen molar-refractivity contribution >= 4 is 23.5 Å². The number of hydrogen-bond acceptors (Lipinski definition) is 5. The van der Waals surface area contributed by atoms with E-state index in [-0.39, 0.29) is 11.9 Å². The molecular formula is C20H24F3N7O. The van der Waals surface area contributed by atoms with Crippen LogP contribution in [0.5, 0.6) is 0 Å². The Morgan fingerprint density at radius 2 is 1.94 bits per heavy atom. The van der Waals surface area contributed by atoms with Crippen molar-refractivity contribution in [2.24, 2.45) is 4.99 Å². The Morgan fingerprint density at radius 1 is 1.16 bits per heavy atom. The van der Waals surface area contributed by atoms with Crippen molar-refractivity contribution in [1.29, 1.82) is 0 Å². The zero-order chi connectivity index (χ0) is 22.3. The molecule has 1 aliphatic rings. The quantitative estimate of drug-likeness (QED) is 0.351. The number of guanidine groups is 1. The summed E-state index contributed by atoms with van der Waals surface area (Å²) in [4.78, 5) is 25.0. The topological polar surface area (TPSA) is 94.5 Å². The molecule has 11 heteroatoms. The lowest BCUT2D eigenvalue weighted by Gasteiger charge is -2.16. The smallest absolute Gasteiger partial charge is 0.355 e. The van der Waals surface area contributed by atoms with E-state index >= 15 is 0 Å². The first-order chi connectivity index (χ1) is 14.9. The minimum atomic E-state index is -4.51. The van der Waals surface area contributed by atoms with Crippen molar-refractivity contribution in [1.82, 2.24) is 20.6 Å². The zero-order valence-electron chi connectivity index (χ0n) is 17.0. The van der Waals surface area contributed by atoms with Gasteiger partial charge in [0.25, 0.3) is 0 Å². The van der Waals surface area contributed by atoms with E-state index in [9.17, 15) is 18.0 Å². The maximum absolute atomic E-state index is 12.7. The van der Waals surface area contributed by atoms with Gasteiger partial charge in [-0.15, -0.1) is 0 Å². The Balaban J connectivity index is 1.41. The van der Waals surface area contributed by atoms with Crippen LogP contribution >= 0.6 is 0 Å². The lowest BCUT2D eigenvalue weighted by molar-refractivity contribution is -0.141. The second-order valence-corrected chi connectivity index (χ2v) is 6.86. The van der Waals surface area contributed by atoms with Crippen LogP contribution in [0.25, 0.3) is 0 Å². The highest BCUT2D eigenvalue weighted by molar-refractivity contribution is 5.95. The van der Waals surface area contributed by atoms with E-state index in [4.69, 9.17) is 0 Å². The van der Waals surface area contributed by atoms with Gasteiger partial charge in [0.05, 0.1) is 0 Å². The predicted molar refractivity (Wildman–Crippen MR) is 112 cm³/mol. The van der Waals surface area contributed by atoms with Crippen LogP contribution in [-0.4, -0.2) is 48.5 Å². The molecule has 0 atom stereocenters. The second-order valence-electron chi connectivity index (χ2n) is 6.86. The number of anilines is 2. The van der Waals surface area contributed by atoms with Crippen molar-refractivity contribution in [2.45, 2.75) is 25.6 Å². The monoisotopic (exact) mass is 435 g/mol. The number of aromatic nitrogens is 2. The highest BCUT2D eigenvalue weighted by Crippen LogP contribution is 2.27. The van der Waals surface area contributed by atoms with Gasteiger partial charge in [-0.25, -0.2) is 9.97 Å². The van der Waals surface area contributed by atoms with Crippen molar-refractivity contribution < 1.29 is 18.0 Å². The molecule has 1 aromatic carbocycles. The van der Waals surface area contributed by atoms with E-state index in [1.165, 1.54) is 0 Å². The number of aliphatic imine (C=N–C) groups is 1. The number of nitrogens with zero attached hydrogens (tertiary/aromatic N) is 4. The first-order valence-electron chi connectivity index (χ1n) is 9.85. The first kappa shape index (κ1) is 22.3. The number of rotatable bonds is 7. The minimum Gasteiger partial charge on any atom is -0.355 e. The number of hydrogen-bond donors (Lipinski definition) is 3. The standard InChI is InChI=1S/C20H24F3N7O/c1-24-18(26-10-11-27-19-25-9-8-16(29-19)20(21,22)23)28-13-14-4-6-15(7-5-14)30-12-2-3-17(30)31/h4-9H,2-3,10-13H2,1H3,(H2,24,26,28)(H,25,27,29). The largest absolute Gasteiger partial charge is 0.433 e. The van der Waals surface area contributed by atoms with Gasteiger partial charge in [-0.3, -0.25) is 9.79 Å². The molecule has 0 bridgehead atoms. The highest BCUT2D eigenvalue weighted by atomic mass is 19.4. The summed E-state index contributed by atoms with van der Waals surface area (Å²) >= 11 is 0. The van der Waals surface area contributed by atoms with Gasteiger partial charge in [0.2, 0.25) is 11.9 Å². The molecule has 8 nitrogen and oxygen atoms in total. The summed E-state index contributed by atoms with van der Waals surface area (Å²) in [6.07, 6.45) is -1.96. The fourth-order valence-electron chi connectivity index (χ4n) is 3.08. The number of amides is 1. The van der Waals surface area contributed by atoms with Crippen molar-refractivity contribution in [3.63, 3.8) is 0 Å². The molecule has 0 saturated carbocycles. The fraction of sp³-hybridized carbons (Fsp3) is 0.400. The predicted octanol–water partition coefficient (Wildman–Crippen LogP) is 2.40. The number of nitrogens with one attached hydrogen (secondary N) is 3. The maximum Gasteiger partial charge on any atom is 0.433 e. The SMILES string of the molecule is CN=C(NCCNc1nccc(C(F)(F)F)n1)NCc1ccc(N2CCCC2=O)cc1. The molecule has 166 valence electrons. The zero-order valence-corrected chi connectivity index (χ0v) is 17.0. The number of carbonyl (C=O) groups is 1. The number of benzene rings is 1. The van der Waals surface area contributed by atoms with Gasteiger partial charge in [0, 0.05) is 51.5 Å². The lowest BCUT2D eigenvalue weighted by Crippen LogP contribution is -2.39. The van der Waals surface area contributed by atoms with Gasteiger partial charge in [-0.05, 0) is 30.2 Å². The van der Waals surface area contributed by atoms with E-state index < -0.39 is 11.9 Å².